The number of thioether (sulfide) groups is 1. The van der Waals surface area contributed by atoms with Gasteiger partial charge in [0.25, 0.3) is 0 Å². The highest BCUT2D eigenvalue weighted by Crippen LogP contribution is 2.18. The number of halogens is 1. The van der Waals surface area contributed by atoms with Gasteiger partial charge in [0.2, 0.25) is 5.91 Å². The number of hydrogen-bond acceptors (Lipinski definition) is 2. The highest BCUT2D eigenvalue weighted by molar-refractivity contribution is 7.99. The first-order valence-corrected chi connectivity index (χ1v) is 9.36. The molecule has 1 heterocycles. The minimum atomic E-state index is 0.110. The summed E-state index contributed by atoms with van der Waals surface area (Å²) in [6.07, 6.45) is 9.80. The van der Waals surface area contributed by atoms with Crippen LogP contribution in [-0.4, -0.2) is 22.7 Å². The van der Waals surface area contributed by atoms with Crippen molar-refractivity contribution < 1.29 is 9.36 Å². The molecular formula is C17H21ClN3OS+. The molecule has 0 saturated heterocycles. The molecule has 122 valence electrons. The molecule has 4 nitrogen and oxygen atoms in total. The molecule has 1 fully saturated rings. The van der Waals surface area contributed by atoms with Crippen LogP contribution in [0.2, 0.25) is 5.02 Å². The van der Waals surface area contributed by atoms with Gasteiger partial charge >= 0.3 is 5.16 Å². The Bertz CT molecular complexity index is 650. The molecule has 2 aromatic rings. The van der Waals surface area contributed by atoms with Crippen molar-refractivity contribution >= 4 is 29.3 Å². The molecule has 1 saturated carbocycles. The molecule has 0 unspecified atom stereocenters. The largest absolute Gasteiger partial charge is 0.353 e. The highest BCUT2D eigenvalue weighted by Gasteiger charge is 2.18. The van der Waals surface area contributed by atoms with Crippen LogP contribution in [0.4, 0.5) is 0 Å². The summed E-state index contributed by atoms with van der Waals surface area (Å²) in [6.45, 7) is 0. The molecular weight excluding hydrogens is 330 g/mol. The third-order valence-corrected chi connectivity index (χ3v) is 5.31. The van der Waals surface area contributed by atoms with Crippen molar-refractivity contribution in [3.05, 3.63) is 41.7 Å². The number of nitrogens with zero attached hydrogens (tertiary/aromatic N) is 1. The van der Waals surface area contributed by atoms with Crippen LogP contribution in [0.25, 0.3) is 5.69 Å². The fourth-order valence-corrected chi connectivity index (χ4v) is 3.82. The molecule has 0 atom stereocenters. The van der Waals surface area contributed by atoms with E-state index in [0.29, 0.717) is 16.8 Å². The molecule has 1 aliphatic carbocycles. The second-order valence-corrected chi connectivity index (χ2v) is 7.20. The van der Waals surface area contributed by atoms with Crippen LogP contribution in [0.1, 0.15) is 32.1 Å². The lowest BCUT2D eigenvalue weighted by atomic mass is 9.95. The maximum atomic E-state index is 12.1. The Labute approximate surface area is 145 Å². The number of rotatable bonds is 5. The molecule has 23 heavy (non-hydrogen) atoms. The lowest BCUT2D eigenvalue weighted by Gasteiger charge is -2.22. The van der Waals surface area contributed by atoms with Crippen molar-refractivity contribution in [1.82, 2.24) is 10.3 Å². The van der Waals surface area contributed by atoms with Crippen molar-refractivity contribution in [3.63, 3.8) is 0 Å². The molecule has 0 aliphatic heterocycles. The number of hydrogen-bond donors (Lipinski definition) is 2. The van der Waals surface area contributed by atoms with Crippen LogP contribution in [0.3, 0.4) is 0 Å². The Kier molecular flexibility index (Phi) is 5.62. The first-order valence-electron chi connectivity index (χ1n) is 7.99. The van der Waals surface area contributed by atoms with Crippen LogP contribution in [0.5, 0.6) is 0 Å². The van der Waals surface area contributed by atoms with E-state index in [1.165, 1.54) is 31.0 Å². The zero-order chi connectivity index (χ0) is 16.1. The van der Waals surface area contributed by atoms with E-state index in [1.807, 2.05) is 41.2 Å². The van der Waals surface area contributed by atoms with Crippen LogP contribution >= 0.6 is 23.4 Å². The van der Waals surface area contributed by atoms with Crippen molar-refractivity contribution in [2.75, 3.05) is 5.75 Å². The first-order chi connectivity index (χ1) is 11.2. The third kappa shape index (κ3) is 4.52. The molecule has 0 spiro atoms. The highest BCUT2D eigenvalue weighted by atomic mass is 35.5. The number of benzene rings is 1. The number of H-pyrrole nitrogens is 1. The van der Waals surface area contributed by atoms with Gasteiger partial charge in [-0.05, 0) is 48.9 Å². The number of aromatic amines is 1. The van der Waals surface area contributed by atoms with E-state index < -0.39 is 0 Å². The smallest absolute Gasteiger partial charge is 0.321 e. The number of carbonyl (C=O) groups excluding carboxylic acids is 1. The number of carbonyl (C=O) groups is 1. The molecule has 1 amide bonds. The SMILES string of the molecule is O=C(CSc1[nH]cc[n+]1-c1ccc(Cl)cc1)NC1CCCCC1. The van der Waals surface area contributed by atoms with Gasteiger partial charge in [0.15, 0.2) is 0 Å². The number of amides is 1. The summed E-state index contributed by atoms with van der Waals surface area (Å²) in [6, 6.07) is 8.01. The summed E-state index contributed by atoms with van der Waals surface area (Å²) in [4.78, 5) is 15.3. The minimum Gasteiger partial charge on any atom is -0.353 e. The lowest BCUT2D eigenvalue weighted by molar-refractivity contribution is -0.635. The van der Waals surface area contributed by atoms with Crippen LogP contribution in [0, 0.1) is 0 Å². The quantitative estimate of drug-likeness (QED) is 0.640. The summed E-state index contributed by atoms with van der Waals surface area (Å²) < 4.78 is 2.02. The summed E-state index contributed by atoms with van der Waals surface area (Å²) >= 11 is 7.44. The van der Waals surface area contributed by atoms with E-state index in [9.17, 15) is 4.79 Å². The summed E-state index contributed by atoms with van der Waals surface area (Å²) in [5, 5.41) is 4.80. The van der Waals surface area contributed by atoms with E-state index in [4.69, 9.17) is 11.6 Å². The molecule has 0 bridgehead atoms. The van der Waals surface area contributed by atoms with Gasteiger partial charge < -0.3 is 5.32 Å². The average molecular weight is 351 g/mol. The summed E-state index contributed by atoms with van der Waals surface area (Å²) in [5.74, 6) is 0.532. The predicted octanol–water partition coefficient (Wildman–Crippen LogP) is 3.49. The Hall–Kier alpha value is -1.46. The zero-order valence-corrected chi connectivity index (χ0v) is 14.5. The standard InChI is InChI=1S/C17H20ClN3OS/c18-13-6-8-15(9-7-13)21-11-10-19-17(21)23-12-16(22)20-14-4-2-1-3-5-14/h6-11,14H,1-5,12H2,(H,20,22)/p+1. The fourth-order valence-electron chi connectivity index (χ4n) is 2.89. The predicted molar refractivity (Wildman–Crippen MR) is 93.1 cm³/mol. The number of aromatic nitrogens is 2. The average Bonchev–Trinajstić information content (AvgIpc) is 3.03. The fraction of sp³-hybridized carbons (Fsp3) is 0.412. The Morgan fingerprint density at radius 1 is 1.26 bits per heavy atom. The van der Waals surface area contributed by atoms with Crippen molar-refractivity contribution in [1.29, 1.82) is 0 Å². The monoisotopic (exact) mass is 350 g/mol. The first kappa shape index (κ1) is 16.4. The summed E-state index contributed by atoms with van der Waals surface area (Å²) in [5.41, 5.74) is 1.02. The van der Waals surface area contributed by atoms with Crippen LogP contribution in [0.15, 0.2) is 41.8 Å². The van der Waals surface area contributed by atoms with Gasteiger partial charge in [0.1, 0.15) is 18.1 Å². The molecule has 2 N–H and O–H groups in total. The van der Waals surface area contributed by atoms with E-state index in [-0.39, 0.29) is 5.91 Å². The van der Waals surface area contributed by atoms with E-state index in [1.54, 1.807) is 0 Å². The number of imidazole rings is 1. The van der Waals surface area contributed by atoms with E-state index in [2.05, 4.69) is 10.3 Å². The molecule has 1 aromatic carbocycles. The van der Waals surface area contributed by atoms with Crippen molar-refractivity contribution in [2.45, 2.75) is 43.3 Å². The maximum Gasteiger partial charge on any atom is 0.321 e. The Morgan fingerprint density at radius 3 is 2.74 bits per heavy atom. The molecule has 6 heteroatoms. The van der Waals surface area contributed by atoms with Gasteiger partial charge in [-0.3, -0.25) is 4.79 Å². The topological polar surface area (TPSA) is 48.8 Å². The van der Waals surface area contributed by atoms with E-state index >= 15 is 0 Å². The Morgan fingerprint density at radius 2 is 2.00 bits per heavy atom. The normalized spacial score (nSPS) is 15.5. The Balaban J connectivity index is 1.57. The van der Waals surface area contributed by atoms with E-state index in [0.717, 1.165) is 23.7 Å². The van der Waals surface area contributed by atoms with Gasteiger partial charge in [-0.1, -0.05) is 30.9 Å². The number of nitrogens with one attached hydrogen (secondary N) is 2. The van der Waals surface area contributed by atoms with Gasteiger partial charge in [0, 0.05) is 11.1 Å². The van der Waals surface area contributed by atoms with Gasteiger partial charge in [0.05, 0.1) is 5.75 Å². The van der Waals surface area contributed by atoms with Gasteiger partial charge in [-0.15, -0.1) is 0 Å². The molecule has 1 aliphatic rings. The summed E-state index contributed by atoms with van der Waals surface area (Å²) in [7, 11) is 0. The molecule has 0 radical (unpaired) electrons. The molecule has 1 aromatic heterocycles. The van der Waals surface area contributed by atoms with Crippen LogP contribution < -0.4 is 9.88 Å². The van der Waals surface area contributed by atoms with Gasteiger partial charge in [-0.2, -0.15) is 4.57 Å². The lowest BCUT2D eigenvalue weighted by Crippen LogP contribution is -2.37. The van der Waals surface area contributed by atoms with Crippen molar-refractivity contribution in [3.8, 4) is 5.69 Å². The third-order valence-electron chi connectivity index (χ3n) is 4.06. The van der Waals surface area contributed by atoms with Crippen molar-refractivity contribution in [2.24, 2.45) is 0 Å². The maximum absolute atomic E-state index is 12.1. The zero-order valence-electron chi connectivity index (χ0n) is 12.9. The van der Waals surface area contributed by atoms with Gasteiger partial charge in [-0.25, -0.2) is 4.98 Å². The molecule has 3 rings (SSSR count). The second kappa shape index (κ2) is 7.88. The van der Waals surface area contributed by atoms with Crippen LogP contribution in [-0.2, 0) is 4.79 Å². The minimum absolute atomic E-state index is 0.110. The second-order valence-electron chi connectivity index (χ2n) is 5.80.